The molecule has 0 bridgehead atoms. The topological polar surface area (TPSA) is 104 Å². The second-order valence-electron chi connectivity index (χ2n) is 8.87. The van der Waals surface area contributed by atoms with E-state index in [4.69, 9.17) is 14.2 Å². The zero-order chi connectivity index (χ0) is 21.4. The molecule has 0 amide bonds. The van der Waals surface area contributed by atoms with Crippen molar-refractivity contribution >= 4 is 0 Å². The first-order valence-corrected chi connectivity index (χ1v) is 11.3. The van der Waals surface area contributed by atoms with Crippen molar-refractivity contribution < 1.29 is 14.2 Å². The zero-order valence-corrected chi connectivity index (χ0v) is 18.1. The lowest BCUT2D eigenvalue weighted by Crippen LogP contribution is -2.54. The molecule has 1 aromatic rings. The highest BCUT2D eigenvalue weighted by Crippen LogP contribution is 2.26. The van der Waals surface area contributed by atoms with Crippen LogP contribution >= 0.6 is 0 Å². The standard InChI is InChI=1S/C21H33N3O6/c1-13-16(28-13)7-4-10-22-19(25)23(11-5-8-17-14(2)29-17)21(27)24(20(22)26)12-6-9-18-15(3)30-18/h13-18H,4-12H2,1-3H3. The van der Waals surface area contributed by atoms with Gasteiger partial charge in [-0.25, -0.2) is 28.1 Å². The summed E-state index contributed by atoms with van der Waals surface area (Å²) in [6, 6.07) is 0. The van der Waals surface area contributed by atoms with Crippen molar-refractivity contribution in [2.75, 3.05) is 0 Å². The van der Waals surface area contributed by atoms with Crippen LogP contribution in [0.1, 0.15) is 59.3 Å². The summed E-state index contributed by atoms with van der Waals surface area (Å²) in [6.45, 7) is 6.94. The van der Waals surface area contributed by atoms with Gasteiger partial charge < -0.3 is 14.2 Å². The van der Waals surface area contributed by atoms with E-state index in [0.717, 1.165) is 19.3 Å². The summed E-state index contributed by atoms with van der Waals surface area (Å²) in [4.78, 5) is 38.8. The average Bonchev–Trinajstić information content (AvgIpc) is 3.64. The minimum atomic E-state index is -0.505. The summed E-state index contributed by atoms with van der Waals surface area (Å²) >= 11 is 0. The van der Waals surface area contributed by atoms with Gasteiger partial charge in [0.1, 0.15) is 0 Å². The lowest BCUT2D eigenvalue weighted by atomic mass is 10.2. The van der Waals surface area contributed by atoms with Gasteiger partial charge in [-0.2, -0.15) is 0 Å². The first kappa shape index (κ1) is 21.5. The van der Waals surface area contributed by atoms with Gasteiger partial charge in [0.25, 0.3) is 0 Å². The fourth-order valence-electron chi connectivity index (χ4n) is 4.21. The molecule has 9 heteroatoms. The van der Waals surface area contributed by atoms with Crippen LogP contribution in [0, 0.1) is 0 Å². The third kappa shape index (κ3) is 4.95. The molecule has 30 heavy (non-hydrogen) atoms. The third-order valence-electron chi connectivity index (χ3n) is 6.51. The fourth-order valence-corrected chi connectivity index (χ4v) is 4.21. The van der Waals surface area contributed by atoms with E-state index in [9.17, 15) is 14.4 Å². The highest BCUT2D eigenvalue weighted by Gasteiger charge is 2.34. The van der Waals surface area contributed by atoms with Crippen LogP contribution in [0.2, 0.25) is 0 Å². The smallest absolute Gasteiger partial charge is 0.336 e. The van der Waals surface area contributed by atoms with Crippen LogP contribution in [0.4, 0.5) is 0 Å². The second-order valence-corrected chi connectivity index (χ2v) is 8.87. The SMILES string of the molecule is CC1OC1CCCn1c(=O)n(CCCC2OC2C)c(=O)n(CCCC2OC2C)c1=O. The molecular formula is C21H33N3O6. The van der Waals surface area contributed by atoms with E-state index < -0.39 is 17.1 Å². The molecule has 4 rings (SSSR count). The van der Waals surface area contributed by atoms with Crippen molar-refractivity contribution in [3.05, 3.63) is 31.5 Å². The van der Waals surface area contributed by atoms with E-state index in [1.165, 1.54) is 13.7 Å². The van der Waals surface area contributed by atoms with Gasteiger partial charge in [-0.15, -0.1) is 0 Å². The Morgan fingerprint density at radius 1 is 0.567 bits per heavy atom. The highest BCUT2D eigenvalue weighted by molar-refractivity contribution is 4.85. The van der Waals surface area contributed by atoms with E-state index in [0.29, 0.717) is 38.9 Å². The summed E-state index contributed by atoms with van der Waals surface area (Å²) in [5.74, 6) is 0. The van der Waals surface area contributed by atoms with Gasteiger partial charge in [0.2, 0.25) is 0 Å². The lowest BCUT2D eigenvalue weighted by Gasteiger charge is -2.14. The number of hydrogen-bond acceptors (Lipinski definition) is 6. The van der Waals surface area contributed by atoms with E-state index in [-0.39, 0.29) is 36.6 Å². The Kier molecular flexibility index (Phi) is 6.31. The fraction of sp³-hybridized carbons (Fsp3) is 0.857. The molecule has 0 saturated carbocycles. The van der Waals surface area contributed by atoms with Crippen molar-refractivity contribution in [1.29, 1.82) is 0 Å². The number of hydrogen-bond donors (Lipinski definition) is 0. The summed E-state index contributed by atoms with van der Waals surface area (Å²) < 4.78 is 19.9. The van der Waals surface area contributed by atoms with Gasteiger partial charge in [0.05, 0.1) is 36.6 Å². The zero-order valence-electron chi connectivity index (χ0n) is 18.1. The molecule has 6 atom stereocenters. The van der Waals surface area contributed by atoms with E-state index in [2.05, 4.69) is 0 Å². The Bertz CT molecular complexity index is 785. The Morgan fingerprint density at radius 3 is 1.00 bits per heavy atom. The maximum absolute atomic E-state index is 12.9. The van der Waals surface area contributed by atoms with Crippen LogP contribution in [0.15, 0.2) is 14.4 Å². The van der Waals surface area contributed by atoms with Crippen LogP contribution in [0.25, 0.3) is 0 Å². The molecule has 0 radical (unpaired) electrons. The van der Waals surface area contributed by atoms with Crippen LogP contribution in [0.3, 0.4) is 0 Å². The monoisotopic (exact) mass is 423 g/mol. The second kappa shape index (κ2) is 8.80. The molecule has 6 unspecified atom stereocenters. The van der Waals surface area contributed by atoms with Crippen LogP contribution in [0.5, 0.6) is 0 Å². The summed E-state index contributed by atoms with van der Waals surface area (Å²) in [5.41, 5.74) is -1.51. The van der Waals surface area contributed by atoms with Gasteiger partial charge in [0.15, 0.2) is 0 Å². The Balaban J connectivity index is 1.48. The predicted octanol–water partition coefficient (Wildman–Crippen LogP) is 0.874. The molecule has 0 aliphatic carbocycles. The molecule has 4 heterocycles. The molecule has 3 fully saturated rings. The van der Waals surface area contributed by atoms with Crippen molar-refractivity contribution in [3.63, 3.8) is 0 Å². The van der Waals surface area contributed by atoms with Gasteiger partial charge in [-0.3, -0.25) is 0 Å². The highest BCUT2D eigenvalue weighted by atomic mass is 16.6. The third-order valence-corrected chi connectivity index (χ3v) is 6.51. The maximum atomic E-state index is 12.9. The Labute approximate surface area is 175 Å². The molecule has 168 valence electrons. The molecule has 1 aromatic heterocycles. The van der Waals surface area contributed by atoms with E-state index in [1.807, 2.05) is 20.8 Å². The summed E-state index contributed by atoms with van der Waals surface area (Å²) in [5, 5.41) is 0. The van der Waals surface area contributed by atoms with Crippen molar-refractivity contribution in [2.45, 2.75) is 116 Å². The minimum Gasteiger partial charge on any atom is -0.370 e. The van der Waals surface area contributed by atoms with E-state index in [1.54, 1.807) is 0 Å². The number of epoxide rings is 3. The number of nitrogens with zero attached hydrogens (tertiary/aromatic N) is 3. The van der Waals surface area contributed by atoms with Crippen LogP contribution in [-0.2, 0) is 33.8 Å². The molecule has 3 aliphatic heterocycles. The Hall–Kier alpha value is -1.71. The molecular weight excluding hydrogens is 390 g/mol. The van der Waals surface area contributed by atoms with E-state index >= 15 is 0 Å². The summed E-state index contributed by atoms with van der Waals surface area (Å²) in [6.07, 6.45) is 5.85. The number of ether oxygens (including phenoxy) is 3. The van der Waals surface area contributed by atoms with Crippen molar-refractivity contribution in [3.8, 4) is 0 Å². The first-order chi connectivity index (χ1) is 14.4. The minimum absolute atomic E-state index is 0.217. The van der Waals surface area contributed by atoms with Crippen LogP contribution < -0.4 is 17.1 Å². The normalized spacial score (nSPS) is 31.7. The van der Waals surface area contributed by atoms with Gasteiger partial charge in [-0.1, -0.05) is 0 Å². The summed E-state index contributed by atoms with van der Waals surface area (Å²) in [7, 11) is 0. The van der Waals surface area contributed by atoms with Gasteiger partial charge in [-0.05, 0) is 59.3 Å². The average molecular weight is 424 g/mol. The number of rotatable bonds is 12. The first-order valence-electron chi connectivity index (χ1n) is 11.3. The van der Waals surface area contributed by atoms with Gasteiger partial charge in [0, 0.05) is 19.6 Å². The molecule has 3 saturated heterocycles. The number of aromatic nitrogens is 3. The molecule has 0 N–H and O–H groups in total. The largest absolute Gasteiger partial charge is 0.370 e. The molecule has 9 nitrogen and oxygen atoms in total. The predicted molar refractivity (Wildman–Crippen MR) is 110 cm³/mol. The maximum Gasteiger partial charge on any atom is 0.336 e. The van der Waals surface area contributed by atoms with Crippen molar-refractivity contribution in [2.24, 2.45) is 0 Å². The molecule has 0 aromatic carbocycles. The molecule has 3 aliphatic rings. The van der Waals surface area contributed by atoms with Gasteiger partial charge >= 0.3 is 17.1 Å². The van der Waals surface area contributed by atoms with Crippen molar-refractivity contribution in [1.82, 2.24) is 13.7 Å². The Morgan fingerprint density at radius 2 is 0.800 bits per heavy atom. The quantitative estimate of drug-likeness (QED) is 0.462. The lowest BCUT2D eigenvalue weighted by molar-refractivity contribution is 0.348. The van der Waals surface area contributed by atoms with Crippen LogP contribution in [-0.4, -0.2) is 50.3 Å². The molecule has 0 spiro atoms.